The van der Waals surface area contributed by atoms with Crippen LogP contribution in [-0.2, 0) is 14.8 Å². The van der Waals surface area contributed by atoms with E-state index in [-0.39, 0.29) is 29.6 Å². The lowest BCUT2D eigenvalue weighted by Gasteiger charge is -2.33. The van der Waals surface area contributed by atoms with Gasteiger partial charge in [-0.1, -0.05) is 0 Å². The molecule has 0 bridgehead atoms. The van der Waals surface area contributed by atoms with E-state index < -0.39 is 15.8 Å². The first-order valence-corrected chi connectivity index (χ1v) is 7.56. The Morgan fingerprint density at radius 3 is 2.30 bits per heavy atom. The second-order valence-electron chi connectivity index (χ2n) is 4.63. The molecular formula is C12H16FN3O3S. The Morgan fingerprint density at radius 2 is 1.80 bits per heavy atom. The molecule has 0 aromatic heterocycles. The van der Waals surface area contributed by atoms with Crippen LogP contribution in [0, 0.1) is 5.82 Å². The maximum Gasteiger partial charge on any atom is 0.243 e. The molecular weight excluding hydrogens is 285 g/mol. The zero-order chi connectivity index (χ0) is 14.9. The number of nitrogen functional groups attached to an aromatic ring is 1. The van der Waals surface area contributed by atoms with E-state index >= 15 is 0 Å². The molecule has 1 saturated heterocycles. The molecule has 1 fully saturated rings. The Morgan fingerprint density at radius 1 is 1.20 bits per heavy atom. The molecule has 0 radical (unpaired) electrons. The van der Waals surface area contributed by atoms with Crippen LogP contribution in [0.4, 0.5) is 10.1 Å². The predicted octanol–water partition coefficient (Wildman–Crippen LogP) is 0.261. The molecule has 6 nitrogen and oxygen atoms in total. The van der Waals surface area contributed by atoms with Gasteiger partial charge in [-0.3, -0.25) is 4.79 Å². The maximum absolute atomic E-state index is 13.3. The Bertz CT molecular complexity index is 605. The highest BCUT2D eigenvalue weighted by Gasteiger charge is 2.29. The van der Waals surface area contributed by atoms with E-state index in [1.807, 2.05) is 0 Å². The monoisotopic (exact) mass is 301 g/mol. The van der Waals surface area contributed by atoms with E-state index in [4.69, 9.17) is 5.73 Å². The minimum absolute atomic E-state index is 0.0611. The van der Waals surface area contributed by atoms with Crippen molar-refractivity contribution in [2.45, 2.75) is 11.8 Å². The standard InChI is InChI=1S/C12H16FN3O3S/c1-9(17)15-2-4-16(5-3-15)20(18,19)12-7-10(13)6-11(14)8-12/h6-8H,2-5,14H2,1H3. The smallest absolute Gasteiger partial charge is 0.243 e. The second kappa shape index (κ2) is 5.37. The summed E-state index contributed by atoms with van der Waals surface area (Å²) < 4.78 is 39.3. The van der Waals surface area contributed by atoms with Gasteiger partial charge in [0.1, 0.15) is 5.82 Å². The van der Waals surface area contributed by atoms with Crippen molar-refractivity contribution < 1.29 is 17.6 Å². The molecule has 0 aliphatic carbocycles. The van der Waals surface area contributed by atoms with Crippen LogP contribution in [0.5, 0.6) is 0 Å². The number of benzene rings is 1. The Balaban J connectivity index is 2.21. The summed E-state index contributed by atoms with van der Waals surface area (Å²) in [5.41, 5.74) is 5.53. The van der Waals surface area contributed by atoms with Gasteiger partial charge in [-0.05, 0) is 18.2 Å². The molecule has 8 heteroatoms. The number of halogens is 1. The number of carbonyl (C=O) groups is 1. The number of carbonyl (C=O) groups excluding carboxylic acids is 1. The fraction of sp³-hybridized carbons (Fsp3) is 0.417. The summed E-state index contributed by atoms with van der Waals surface area (Å²) in [6, 6.07) is 3.24. The maximum atomic E-state index is 13.3. The first kappa shape index (κ1) is 14.7. The third kappa shape index (κ3) is 2.91. The van der Waals surface area contributed by atoms with Crippen molar-refractivity contribution in [1.82, 2.24) is 9.21 Å². The quantitative estimate of drug-likeness (QED) is 0.794. The first-order chi connectivity index (χ1) is 9.30. The van der Waals surface area contributed by atoms with E-state index in [0.29, 0.717) is 13.1 Å². The molecule has 1 aliphatic rings. The number of nitrogens with two attached hydrogens (primary N) is 1. The zero-order valence-electron chi connectivity index (χ0n) is 11.0. The normalized spacial score (nSPS) is 17.2. The lowest BCUT2D eigenvalue weighted by Crippen LogP contribution is -2.49. The Hall–Kier alpha value is -1.67. The third-order valence-electron chi connectivity index (χ3n) is 3.22. The summed E-state index contributed by atoms with van der Waals surface area (Å²) in [5.74, 6) is -0.775. The molecule has 20 heavy (non-hydrogen) atoms. The van der Waals surface area contributed by atoms with Crippen molar-refractivity contribution in [2.24, 2.45) is 0 Å². The van der Waals surface area contributed by atoms with Crippen LogP contribution in [0.1, 0.15) is 6.92 Å². The van der Waals surface area contributed by atoms with Gasteiger partial charge in [-0.2, -0.15) is 4.31 Å². The average molecular weight is 301 g/mol. The molecule has 1 amide bonds. The molecule has 1 aromatic carbocycles. The summed E-state index contributed by atoms with van der Waals surface area (Å²) in [6.45, 7) is 2.49. The average Bonchev–Trinajstić information content (AvgIpc) is 2.37. The van der Waals surface area contributed by atoms with Crippen LogP contribution in [0.25, 0.3) is 0 Å². The molecule has 0 unspecified atom stereocenters. The van der Waals surface area contributed by atoms with E-state index in [1.54, 1.807) is 4.90 Å². The van der Waals surface area contributed by atoms with Gasteiger partial charge in [0.2, 0.25) is 15.9 Å². The van der Waals surface area contributed by atoms with Gasteiger partial charge < -0.3 is 10.6 Å². The van der Waals surface area contributed by atoms with E-state index in [1.165, 1.54) is 17.3 Å². The lowest BCUT2D eigenvalue weighted by atomic mass is 10.3. The lowest BCUT2D eigenvalue weighted by molar-refractivity contribution is -0.129. The topological polar surface area (TPSA) is 83.7 Å². The van der Waals surface area contributed by atoms with Crippen LogP contribution in [0.3, 0.4) is 0 Å². The summed E-state index contributed by atoms with van der Waals surface area (Å²) >= 11 is 0. The number of amides is 1. The summed E-state index contributed by atoms with van der Waals surface area (Å²) in [4.78, 5) is 12.6. The van der Waals surface area contributed by atoms with Crippen LogP contribution in [0.2, 0.25) is 0 Å². The van der Waals surface area contributed by atoms with E-state index in [9.17, 15) is 17.6 Å². The highest BCUT2D eigenvalue weighted by Crippen LogP contribution is 2.21. The van der Waals surface area contributed by atoms with Crippen molar-refractivity contribution in [1.29, 1.82) is 0 Å². The Labute approximate surface area is 117 Å². The Kier molecular flexibility index (Phi) is 3.96. The summed E-state index contributed by atoms with van der Waals surface area (Å²) in [5, 5.41) is 0. The first-order valence-electron chi connectivity index (χ1n) is 6.12. The molecule has 0 atom stereocenters. The van der Waals surface area contributed by atoms with Gasteiger partial charge in [0.05, 0.1) is 4.90 Å². The number of nitrogens with zero attached hydrogens (tertiary/aromatic N) is 2. The fourth-order valence-electron chi connectivity index (χ4n) is 2.13. The number of hydrogen-bond donors (Lipinski definition) is 1. The minimum atomic E-state index is -3.78. The third-order valence-corrected chi connectivity index (χ3v) is 5.09. The summed E-state index contributed by atoms with van der Waals surface area (Å²) in [7, 11) is -3.78. The van der Waals surface area contributed by atoms with E-state index in [2.05, 4.69) is 0 Å². The van der Waals surface area contributed by atoms with Gasteiger partial charge in [0, 0.05) is 38.8 Å². The van der Waals surface area contributed by atoms with Crippen molar-refractivity contribution in [2.75, 3.05) is 31.9 Å². The van der Waals surface area contributed by atoms with Crippen molar-refractivity contribution >= 4 is 21.6 Å². The van der Waals surface area contributed by atoms with Gasteiger partial charge in [0.25, 0.3) is 0 Å². The fourth-order valence-corrected chi connectivity index (χ4v) is 3.61. The van der Waals surface area contributed by atoms with Crippen LogP contribution < -0.4 is 5.73 Å². The van der Waals surface area contributed by atoms with Crippen molar-refractivity contribution in [3.8, 4) is 0 Å². The molecule has 0 saturated carbocycles. The van der Waals surface area contributed by atoms with Gasteiger partial charge in [-0.15, -0.1) is 0 Å². The SMILES string of the molecule is CC(=O)N1CCN(S(=O)(=O)c2cc(N)cc(F)c2)CC1. The summed E-state index contributed by atoms with van der Waals surface area (Å²) in [6.07, 6.45) is 0. The van der Waals surface area contributed by atoms with Gasteiger partial charge >= 0.3 is 0 Å². The van der Waals surface area contributed by atoms with Crippen LogP contribution in [-0.4, -0.2) is 49.7 Å². The van der Waals surface area contributed by atoms with Crippen LogP contribution >= 0.6 is 0 Å². The van der Waals surface area contributed by atoms with Gasteiger partial charge in [-0.25, -0.2) is 12.8 Å². The molecule has 110 valence electrons. The van der Waals surface area contributed by atoms with Crippen molar-refractivity contribution in [3.05, 3.63) is 24.0 Å². The van der Waals surface area contributed by atoms with Crippen LogP contribution in [0.15, 0.2) is 23.1 Å². The van der Waals surface area contributed by atoms with Crippen molar-refractivity contribution in [3.63, 3.8) is 0 Å². The number of rotatable bonds is 2. The number of anilines is 1. The molecule has 2 rings (SSSR count). The van der Waals surface area contributed by atoms with E-state index in [0.717, 1.165) is 12.1 Å². The number of hydrogen-bond acceptors (Lipinski definition) is 4. The molecule has 1 aliphatic heterocycles. The molecule has 1 aromatic rings. The largest absolute Gasteiger partial charge is 0.399 e. The number of piperazine rings is 1. The molecule has 0 spiro atoms. The van der Waals surface area contributed by atoms with Gasteiger partial charge in [0.15, 0.2) is 0 Å². The number of sulfonamides is 1. The zero-order valence-corrected chi connectivity index (χ0v) is 11.9. The second-order valence-corrected chi connectivity index (χ2v) is 6.57. The molecule has 1 heterocycles. The molecule has 2 N–H and O–H groups in total. The minimum Gasteiger partial charge on any atom is -0.399 e. The predicted molar refractivity (Wildman–Crippen MR) is 71.8 cm³/mol. The highest BCUT2D eigenvalue weighted by molar-refractivity contribution is 7.89. The highest BCUT2D eigenvalue weighted by atomic mass is 32.2.